The standard InChI is InChI=1S/C21H16FNO3/c22-18-6-4-14(5-7-18)10-15-11-17-8-9-26-21(17)20(12-15)16-2-1-3-19(13-16)23(24)25/h1-7,11-13H,8-10H2/i22-1. The van der Waals surface area contributed by atoms with Gasteiger partial charge in [0, 0.05) is 24.1 Å². The summed E-state index contributed by atoms with van der Waals surface area (Å²) in [6, 6.07) is 17.1. The van der Waals surface area contributed by atoms with Crippen LogP contribution in [0.25, 0.3) is 11.1 Å². The minimum atomic E-state index is -0.396. The number of halogens is 1. The lowest BCUT2D eigenvalue weighted by atomic mass is 9.94. The van der Waals surface area contributed by atoms with Crippen LogP contribution in [0.3, 0.4) is 0 Å². The van der Waals surface area contributed by atoms with E-state index >= 15 is 0 Å². The third-order valence-electron chi connectivity index (χ3n) is 4.53. The summed E-state index contributed by atoms with van der Waals surface area (Å²) in [5, 5.41) is 11.1. The van der Waals surface area contributed by atoms with Gasteiger partial charge < -0.3 is 4.74 Å². The van der Waals surface area contributed by atoms with Crippen LogP contribution in [0.4, 0.5) is 10.1 Å². The second-order valence-electron chi connectivity index (χ2n) is 6.34. The zero-order valence-corrected chi connectivity index (χ0v) is 13.9. The largest absolute Gasteiger partial charge is 0.492 e. The summed E-state index contributed by atoms with van der Waals surface area (Å²) in [5.41, 5.74) is 4.86. The highest BCUT2D eigenvalue weighted by Crippen LogP contribution is 2.39. The Labute approximate surface area is 150 Å². The number of nitrogens with zero attached hydrogens (tertiary/aromatic N) is 1. The molecule has 3 aromatic rings. The summed E-state index contributed by atoms with van der Waals surface area (Å²) in [6.45, 7) is 0.608. The van der Waals surface area contributed by atoms with Gasteiger partial charge in [-0.1, -0.05) is 30.3 Å². The van der Waals surface area contributed by atoms with E-state index in [0.717, 1.165) is 40.0 Å². The summed E-state index contributed by atoms with van der Waals surface area (Å²) in [4.78, 5) is 10.7. The van der Waals surface area contributed by atoms with Crippen LogP contribution >= 0.6 is 0 Å². The summed E-state index contributed by atoms with van der Waals surface area (Å²) in [5.74, 6) is 0.543. The van der Waals surface area contributed by atoms with Gasteiger partial charge in [-0.3, -0.25) is 10.1 Å². The van der Waals surface area contributed by atoms with E-state index in [9.17, 15) is 14.5 Å². The van der Waals surface area contributed by atoms with E-state index in [1.54, 1.807) is 24.3 Å². The van der Waals surface area contributed by atoms with Crippen LogP contribution in [0.15, 0.2) is 60.7 Å². The second kappa shape index (κ2) is 6.59. The molecule has 1 aliphatic rings. The van der Waals surface area contributed by atoms with E-state index in [2.05, 4.69) is 6.07 Å². The van der Waals surface area contributed by atoms with Crippen molar-refractivity contribution in [2.75, 3.05) is 6.61 Å². The Bertz CT molecular complexity index is 983. The van der Waals surface area contributed by atoms with Crippen LogP contribution < -0.4 is 4.74 Å². The van der Waals surface area contributed by atoms with Crippen LogP contribution in [0, 0.1) is 15.9 Å². The fourth-order valence-electron chi connectivity index (χ4n) is 3.32. The lowest BCUT2D eigenvalue weighted by Crippen LogP contribution is -1.94. The van der Waals surface area contributed by atoms with Gasteiger partial charge >= 0.3 is 0 Å². The monoisotopic (exact) mass is 348 g/mol. The van der Waals surface area contributed by atoms with Gasteiger partial charge in [0.1, 0.15) is 11.6 Å². The first-order chi connectivity index (χ1) is 12.6. The minimum Gasteiger partial charge on any atom is -0.492 e. The van der Waals surface area contributed by atoms with Gasteiger partial charge in [-0.15, -0.1) is 0 Å². The van der Waals surface area contributed by atoms with Crippen molar-refractivity contribution < 1.29 is 14.1 Å². The van der Waals surface area contributed by atoms with Gasteiger partial charge in [0.2, 0.25) is 0 Å². The van der Waals surface area contributed by atoms with Crippen molar-refractivity contribution in [3.05, 3.63) is 93.3 Å². The molecule has 0 amide bonds. The Balaban J connectivity index is 1.77. The maximum absolute atomic E-state index is 13.1. The van der Waals surface area contributed by atoms with Gasteiger partial charge in [0.05, 0.1) is 11.5 Å². The molecule has 0 N–H and O–H groups in total. The maximum atomic E-state index is 13.1. The number of hydrogen-bond donors (Lipinski definition) is 0. The molecular formula is C21H16FNO3. The average Bonchev–Trinajstić information content (AvgIpc) is 3.11. The van der Waals surface area contributed by atoms with E-state index < -0.39 is 4.92 Å². The zero-order valence-electron chi connectivity index (χ0n) is 13.9. The summed E-state index contributed by atoms with van der Waals surface area (Å²) >= 11 is 0. The molecule has 3 aromatic carbocycles. The number of rotatable bonds is 4. The smallest absolute Gasteiger partial charge is 0.270 e. The van der Waals surface area contributed by atoms with Crippen LogP contribution in [-0.4, -0.2) is 11.5 Å². The minimum absolute atomic E-state index is 0.0539. The van der Waals surface area contributed by atoms with Crippen molar-refractivity contribution in [1.29, 1.82) is 0 Å². The van der Waals surface area contributed by atoms with Crippen molar-refractivity contribution in [3.63, 3.8) is 0 Å². The third kappa shape index (κ3) is 3.16. The van der Waals surface area contributed by atoms with E-state index in [1.807, 2.05) is 12.1 Å². The predicted molar refractivity (Wildman–Crippen MR) is 96.9 cm³/mol. The first-order valence-corrected chi connectivity index (χ1v) is 8.38. The number of benzene rings is 3. The molecule has 0 radical (unpaired) electrons. The lowest BCUT2D eigenvalue weighted by Gasteiger charge is -2.12. The highest BCUT2D eigenvalue weighted by molar-refractivity contribution is 5.75. The molecule has 130 valence electrons. The predicted octanol–water partition coefficient (Wildman–Crippen LogP) is 4.93. The molecule has 4 nitrogen and oxygen atoms in total. The molecule has 5 heteroatoms. The molecule has 26 heavy (non-hydrogen) atoms. The first kappa shape index (κ1) is 16.3. The molecule has 0 atom stereocenters. The van der Waals surface area contributed by atoms with E-state index in [0.29, 0.717) is 13.0 Å². The zero-order chi connectivity index (χ0) is 18.1. The van der Waals surface area contributed by atoms with Gasteiger partial charge in [-0.05, 0) is 46.9 Å². The molecule has 0 saturated carbocycles. The molecule has 0 bridgehead atoms. The van der Waals surface area contributed by atoms with E-state index in [1.165, 1.54) is 18.2 Å². The molecule has 0 unspecified atom stereocenters. The molecule has 0 saturated heterocycles. The van der Waals surface area contributed by atoms with Crippen molar-refractivity contribution >= 4 is 5.69 Å². The Morgan fingerprint density at radius 3 is 2.62 bits per heavy atom. The number of non-ortho nitro benzene ring substituents is 1. The molecule has 4 rings (SSSR count). The van der Waals surface area contributed by atoms with Crippen molar-refractivity contribution in [2.24, 2.45) is 0 Å². The number of nitro groups is 1. The Hall–Kier alpha value is -3.21. The number of hydrogen-bond acceptors (Lipinski definition) is 3. The fraction of sp³-hybridized carbons (Fsp3) is 0.143. The molecule has 0 spiro atoms. The van der Waals surface area contributed by atoms with E-state index in [-0.39, 0.29) is 11.5 Å². The van der Waals surface area contributed by atoms with E-state index in [4.69, 9.17) is 4.74 Å². The third-order valence-corrected chi connectivity index (χ3v) is 4.53. The quantitative estimate of drug-likeness (QED) is 0.496. The highest BCUT2D eigenvalue weighted by atomic mass is 18.2. The van der Waals surface area contributed by atoms with Crippen molar-refractivity contribution in [1.82, 2.24) is 0 Å². The van der Waals surface area contributed by atoms with Crippen LogP contribution in [0.1, 0.15) is 16.7 Å². The SMILES string of the molecule is O=[N+]([O-])c1cccc(-c2cc(Cc3ccc([18F])cc3)cc3c2OCC3)c1. The van der Waals surface area contributed by atoms with Gasteiger partial charge in [-0.2, -0.15) is 0 Å². The molecule has 0 aliphatic carbocycles. The molecule has 0 fully saturated rings. The second-order valence-corrected chi connectivity index (χ2v) is 6.34. The maximum Gasteiger partial charge on any atom is 0.270 e. The topological polar surface area (TPSA) is 52.4 Å². The summed E-state index contributed by atoms with van der Waals surface area (Å²) in [6.07, 6.45) is 1.48. The normalized spacial score (nSPS) is 12.5. The molecule has 1 aliphatic heterocycles. The van der Waals surface area contributed by atoms with Crippen LogP contribution in [0.2, 0.25) is 0 Å². The number of nitro benzene ring substituents is 1. The number of fused-ring (bicyclic) bond motifs is 1. The highest BCUT2D eigenvalue weighted by Gasteiger charge is 2.20. The van der Waals surface area contributed by atoms with Gasteiger partial charge in [0.15, 0.2) is 0 Å². The van der Waals surface area contributed by atoms with Gasteiger partial charge in [0.25, 0.3) is 5.69 Å². The Morgan fingerprint density at radius 2 is 1.85 bits per heavy atom. The molecule has 1 heterocycles. The van der Waals surface area contributed by atoms with Gasteiger partial charge in [-0.25, -0.2) is 4.39 Å². The Morgan fingerprint density at radius 1 is 1.04 bits per heavy atom. The summed E-state index contributed by atoms with van der Waals surface area (Å²) in [7, 11) is 0. The fourth-order valence-corrected chi connectivity index (χ4v) is 3.32. The Kier molecular flexibility index (Phi) is 4.13. The van der Waals surface area contributed by atoms with Crippen LogP contribution in [-0.2, 0) is 12.8 Å². The van der Waals surface area contributed by atoms with Crippen molar-refractivity contribution in [2.45, 2.75) is 12.8 Å². The lowest BCUT2D eigenvalue weighted by molar-refractivity contribution is -0.384. The number of ether oxygens (including phenoxy) is 1. The molecule has 0 aromatic heterocycles. The van der Waals surface area contributed by atoms with Crippen LogP contribution in [0.5, 0.6) is 5.75 Å². The summed E-state index contributed by atoms with van der Waals surface area (Å²) < 4.78 is 18.9. The van der Waals surface area contributed by atoms with Crippen molar-refractivity contribution in [3.8, 4) is 16.9 Å². The first-order valence-electron chi connectivity index (χ1n) is 8.38. The average molecular weight is 348 g/mol. The molecular weight excluding hydrogens is 332 g/mol.